The van der Waals surface area contributed by atoms with Crippen LogP contribution in [-0.2, 0) is 11.3 Å². The average molecular weight is 320 g/mol. The minimum absolute atomic E-state index is 0.0277. The van der Waals surface area contributed by atoms with Gasteiger partial charge in [-0.05, 0) is 37.9 Å². The number of fused-ring (bicyclic) bond motifs is 1. The minimum atomic E-state index is -0.0277. The first kappa shape index (κ1) is 15.4. The van der Waals surface area contributed by atoms with Crippen molar-refractivity contribution in [1.82, 2.24) is 15.2 Å². The average Bonchev–Trinajstić information content (AvgIpc) is 2.85. The number of piperidine rings is 1. The van der Waals surface area contributed by atoms with Gasteiger partial charge in [0.2, 0.25) is 5.91 Å². The van der Waals surface area contributed by atoms with Crippen LogP contribution >= 0.6 is 11.6 Å². The van der Waals surface area contributed by atoms with Gasteiger partial charge in [-0.3, -0.25) is 9.69 Å². The SMILES string of the molecule is CNC(=O)[C@H]1CCCCN1Cc1[nH]c2c(Cl)cccc2c1C. The summed E-state index contributed by atoms with van der Waals surface area (Å²) >= 11 is 6.28. The molecule has 3 rings (SSSR count). The molecule has 2 heterocycles. The second-order valence-electron chi connectivity index (χ2n) is 5.99. The summed E-state index contributed by atoms with van der Waals surface area (Å²) in [5.74, 6) is 0.117. The Hall–Kier alpha value is -1.52. The van der Waals surface area contributed by atoms with Crippen LogP contribution in [-0.4, -0.2) is 35.4 Å². The lowest BCUT2D eigenvalue weighted by Gasteiger charge is -2.34. The van der Waals surface area contributed by atoms with Crippen LogP contribution in [0.2, 0.25) is 5.02 Å². The van der Waals surface area contributed by atoms with E-state index in [1.807, 2.05) is 12.1 Å². The lowest BCUT2D eigenvalue weighted by atomic mass is 10.0. The molecule has 5 heteroatoms. The van der Waals surface area contributed by atoms with E-state index in [9.17, 15) is 4.79 Å². The van der Waals surface area contributed by atoms with Crippen LogP contribution in [0.25, 0.3) is 10.9 Å². The summed E-state index contributed by atoms with van der Waals surface area (Å²) in [6.07, 6.45) is 3.19. The first-order chi connectivity index (χ1) is 10.6. The maximum Gasteiger partial charge on any atom is 0.237 e. The molecule has 1 aliphatic heterocycles. The molecule has 2 aromatic rings. The number of likely N-dealkylation sites (N-methyl/N-ethyl adjacent to an activating group) is 1. The largest absolute Gasteiger partial charge is 0.358 e. The molecule has 4 nitrogen and oxygen atoms in total. The van der Waals surface area contributed by atoms with Gasteiger partial charge in [0.25, 0.3) is 0 Å². The summed E-state index contributed by atoms with van der Waals surface area (Å²) in [6.45, 7) is 3.83. The summed E-state index contributed by atoms with van der Waals surface area (Å²) in [5.41, 5.74) is 3.36. The Balaban J connectivity index is 1.90. The lowest BCUT2D eigenvalue weighted by Crippen LogP contribution is -2.48. The van der Waals surface area contributed by atoms with Crippen molar-refractivity contribution < 1.29 is 4.79 Å². The summed E-state index contributed by atoms with van der Waals surface area (Å²) < 4.78 is 0. The molecule has 1 fully saturated rings. The number of nitrogens with zero attached hydrogens (tertiary/aromatic N) is 1. The van der Waals surface area contributed by atoms with Gasteiger partial charge in [0.05, 0.1) is 16.6 Å². The number of H-pyrrole nitrogens is 1. The van der Waals surface area contributed by atoms with Crippen molar-refractivity contribution in [2.45, 2.75) is 38.8 Å². The second kappa shape index (κ2) is 6.31. The molecule has 1 atom stereocenters. The zero-order valence-corrected chi connectivity index (χ0v) is 13.8. The van der Waals surface area contributed by atoms with E-state index in [-0.39, 0.29) is 11.9 Å². The van der Waals surface area contributed by atoms with Crippen LogP contribution in [0.5, 0.6) is 0 Å². The van der Waals surface area contributed by atoms with Crippen LogP contribution in [0.15, 0.2) is 18.2 Å². The Labute approximate surface area is 135 Å². The van der Waals surface area contributed by atoms with Gasteiger partial charge in [-0.25, -0.2) is 0 Å². The van der Waals surface area contributed by atoms with Crippen LogP contribution in [0, 0.1) is 6.92 Å². The van der Waals surface area contributed by atoms with Gasteiger partial charge in [0.15, 0.2) is 0 Å². The molecule has 118 valence electrons. The van der Waals surface area contributed by atoms with Gasteiger partial charge in [-0.1, -0.05) is 30.2 Å². The standard InChI is InChI=1S/C17H22ClN3O/c1-11-12-6-5-7-13(18)16(12)20-14(11)10-21-9-4-3-8-15(21)17(22)19-2/h5-7,15,20H,3-4,8-10H2,1-2H3,(H,19,22)/t15-/m1/s1. The van der Waals surface area contributed by atoms with E-state index in [0.29, 0.717) is 0 Å². The maximum atomic E-state index is 12.1. The predicted octanol–water partition coefficient (Wildman–Crippen LogP) is 3.23. The van der Waals surface area contributed by atoms with Crippen molar-refractivity contribution in [2.75, 3.05) is 13.6 Å². The molecule has 0 radical (unpaired) electrons. The fourth-order valence-electron chi connectivity index (χ4n) is 3.38. The van der Waals surface area contributed by atoms with Gasteiger partial charge in [-0.15, -0.1) is 0 Å². The van der Waals surface area contributed by atoms with E-state index < -0.39 is 0 Å². The number of benzene rings is 1. The number of likely N-dealkylation sites (tertiary alicyclic amines) is 1. The third-order valence-corrected chi connectivity index (χ3v) is 4.99. The highest BCUT2D eigenvalue weighted by atomic mass is 35.5. The normalized spacial score (nSPS) is 19.5. The Kier molecular flexibility index (Phi) is 4.41. The smallest absolute Gasteiger partial charge is 0.237 e. The number of amides is 1. The summed E-state index contributed by atoms with van der Waals surface area (Å²) in [5, 5.41) is 4.70. The van der Waals surface area contributed by atoms with E-state index in [2.05, 4.69) is 28.2 Å². The van der Waals surface area contributed by atoms with Crippen molar-refractivity contribution in [3.8, 4) is 0 Å². The monoisotopic (exact) mass is 319 g/mol. The Morgan fingerprint density at radius 3 is 3.00 bits per heavy atom. The molecule has 1 amide bonds. The maximum absolute atomic E-state index is 12.1. The van der Waals surface area contributed by atoms with Crippen LogP contribution in [0.4, 0.5) is 0 Å². The second-order valence-corrected chi connectivity index (χ2v) is 6.39. The number of carbonyl (C=O) groups excluding carboxylic acids is 1. The highest BCUT2D eigenvalue weighted by Gasteiger charge is 2.28. The number of carbonyl (C=O) groups is 1. The number of nitrogens with one attached hydrogen (secondary N) is 2. The van der Waals surface area contributed by atoms with Crippen LogP contribution in [0.1, 0.15) is 30.5 Å². The fraction of sp³-hybridized carbons (Fsp3) is 0.471. The highest BCUT2D eigenvalue weighted by Crippen LogP contribution is 2.29. The Morgan fingerprint density at radius 2 is 2.27 bits per heavy atom. The number of hydrogen-bond acceptors (Lipinski definition) is 2. The topological polar surface area (TPSA) is 48.1 Å². The number of aromatic nitrogens is 1. The lowest BCUT2D eigenvalue weighted by molar-refractivity contribution is -0.127. The van der Waals surface area contributed by atoms with Crippen LogP contribution in [0.3, 0.4) is 0 Å². The third-order valence-electron chi connectivity index (χ3n) is 4.67. The van der Waals surface area contributed by atoms with Crippen molar-refractivity contribution in [3.05, 3.63) is 34.5 Å². The first-order valence-corrected chi connectivity index (χ1v) is 8.21. The quantitative estimate of drug-likeness (QED) is 0.912. The van der Waals surface area contributed by atoms with Gasteiger partial charge in [-0.2, -0.15) is 0 Å². The van der Waals surface area contributed by atoms with Crippen LogP contribution < -0.4 is 5.32 Å². The van der Waals surface area contributed by atoms with Crippen molar-refractivity contribution in [3.63, 3.8) is 0 Å². The van der Waals surface area contributed by atoms with E-state index >= 15 is 0 Å². The van der Waals surface area contributed by atoms with Crippen molar-refractivity contribution in [2.24, 2.45) is 0 Å². The molecule has 0 bridgehead atoms. The van der Waals surface area contributed by atoms with E-state index in [4.69, 9.17) is 11.6 Å². The zero-order chi connectivity index (χ0) is 15.7. The first-order valence-electron chi connectivity index (χ1n) is 7.83. The fourth-order valence-corrected chi connectivity index (χ4v) is 3.60. The van der Waals surface area contributed by atoms with Crippen molar-refractivity contribution in [1.29, 1.82) is 0 Å². The summed E-state index contributed by atoms with van der Waals surface area (Å²) in [7, 11) is 1.71. The minimum Gasteiger partial charge on any atom is -0.358 e. The number of aromatic amines is 1. The molecule has 2 N–H and O–H groups in total. The molecular formula is C17H22ClN3O. The van der Waals surface area contributed by atoms with E-state index in [1.165, 1.54) is 5.56 Å². The van der Waals surface area contributed by atoms with Gasteiger partial charge in [0, 0.05) is 24.7 Å². The van der Waals surface area contributed by atoms with E-state index in [1.54, 1.807) is 7.05 Å². The number of para-hydroxylation sites is 1. The van der Waals surface area contributed by atoms with E-state index in [0.717, 1.165) is 54.0 Å². The molecule has 0 spiro atoms. The molecule has 0 unspecified atom stereocenters. The zero-order valence-electron chi connectivity index (χ0n) is 13.1. The Bertz CT molecular complexity index is 695. The molecule has 1 aromatic heterocycles. The summed E-state index contributed by atoms with van der Waals surface area (Å²) in [6, 6.07) is 5.93. The molecule has 1 saturated heterocycles. The summed E-state index contributed by atoms with van der Waals surface area (Å²) in [4.78, 5) is 17.8. The number of rotatable bonds is 3. The molecule has 0 saturated carbocycles. The molecular weight excluding hydrogens is 298 g/mol. The molecule has 1 aromatic carbocycles. The highest BCUT2D eigenvalue weighted by molar-refractivity contribution is 6.35. The van der Waals surface area contributed by atoms with Gasteiger partial charge in [0.1, 0.15) is 0 Å². The number of halogens is 1. The van der Waals surface area contributed by atoms with Crippen molar-refractivity contribution >= 4 is 28.4 Å². The van der Waals surface area contributed by atoms with Gasteiger partial charge < -0.3 is 10.3 Å². The Morgan fingerprint density at radius 1 is 1.45 bits per heavy atom. The molecule has 0 aliphatic carbocycles. The number of aryl methyl sites for hydroxylation is 1. The number of hydrogen-bond donors (Lipinski definition) is 2. The predicted molar refractivity (Wildman–Crippen MR) is 90.2 cm³/mol. The molecule has 22 heavy (non-hydrogen) atoms. The third kappa shape index (κ3) is 2.73. The van der Waals surface area contributed by atoms with Gasteiger partial charge >= 0.3 is 0 Å². The molecule has 1 aliphatic rings.